The van der Waals surface area contributed by atoms with E-state index in [9.17, 15) is 0 Å². The zero-order valence-electron chi connectivity index (χ0n) is 17.2. The van der Waals surface area contributed by atoms with Gasteiger partial charge in [0.1, 0.15) is 0 Å². The summed E-state index contributed by atoms with van der Waals surface area (Å²) in [7, 11) is 0. The number of nitriles is 1. The summed E-state index contributed by atoms with van der Waals surface area (Å²) in [6.07, 6.45) is 3.15. The molecule has 2 unspecified atom stereocenters. The third-order valence-electron chi connectivity index (χ3n) is 5.84. The van der Waals surface area contributed by atoms with Crippen LogP contribution in [0.5, 0.6) is 0 Å². The Morgan fingerprint density at radius 2 is 1.28 bits per heavy atom. The Bertz CT molecular complexity index is 744. The summed E-state index contributed by atoms with van der Waals surface area (Å²) in [4.78, 5) is 4.93. The number of likely N-dealkylation sites (tertiary alicyclic amines) is 2. The van der Waals surface area contributed by atoms with E-state index in [2.05, 4.69) is 70.5 Å². The molecule has 0 radical (unpaired) electrons. The molecule has 0 spiro atoms. The highest BCUT2D eigenvalue weighted by molar-refractivity contribution is 6.18. The molecule has 0 bridgehead atoms. The highest BCUT2D eigenvalue weighted by atomic mass is 35.5. The summed E-state index contributed by atoms with van der Waals surface area (Å²) < 4.78 is 0. The van der Waals surface area contributed by atoms with Crippen molar-refractivity contribution in [2.24, 2.45) is 11.8 Å². The van der Waals surface area contributed by atoms with Crippen LogP contribution in [0.15, 0.2) is 60.7 Å². The lowest BCUT2D eigenvalue weighted by Crippen LogP contribution is -2.20. The van der Waals surface area contributed by atoms with E-state index in [1.807, 2.05) is 6.07 Å². The van der Waals surface area contributed by atoms with Crippen LogP contribution >= 0.6 is 11.6 Å². The van der Waals surface area contributed by atoms with Crippen LogP contribution in [0.25, 0.3) is 0 Å². The highest BCUT2D eigenvalue weighted by Crippen LogP contribution is 2.21. The zero-order chi connectivity index (χ0) is 20.3. The van der Waals surface area contributed by atoms with E-state index in [4.69, 9.17) is 16.9 Å². The minimum Gasteiger partial charge on any atom is -0.299 e. The molecule has 0 aromatic heterocycles. The van der Waals surface area contributed by atoms with Crippen LogP contribution in [0.3, 0.4) is 0 Å². The van der Waals surface area contributed by atoms with E-state index in [1.54, 1.807) is 0 Å². The van der Waals surface area contributed by atoms with Crippen molar-refractivity contribution in [3.8, 4) is 6.07 Å². The minimum absolute atomic E-state index is 0.596. The highest BCUT2D eigenvalue weighted by Gasteiger charge is 2.22. The fourth-order valence-corrected chi connectivity index (χ4v) is 4.47. The summed E-state index contributed by atoms with van der Waals surface area (Å²) in [5, 5.41) is 8.63. The number of alkyl halides is 1. The third kappa shape index (κ3) is 7.48. The van der Waals surface area contributed by atoms with Crippen LogP contribution in [0, 0.1) is 23.2 Å². The number of hydrogen-bond donors (Lipinski definition) is 0. The van der Waals surface area contributed by atoms with Gasteiger partial charge in [-0.1, -0.05) is 60.7 Å². The Morgan fingerprint density at radius 3 is 1.72 bits per heavy atom. The van der Waals surface area contributed by atoms with Gasteiger partial charge in [0.15, 0.2) is 0 Å². The maximum Gasteiger partial charge on any atom is 0.0625 e. The summed E-state index contributed by atoms with van der Waals surface area (Å²) in [6, 6.07) is 23.5. The van der Waals surface area contributed by atoms with E-state index in [0.29, 0.717) is 18.3 Å². The van der Waals surface area contributed by atoms with Gasteiger partial charge in [0.2, 0.25) is 0 Å². The summed E-state index contributed by atoms with van der Waals surface area (Å²) in [5.41, 5.74) is 2.78. The zero-order valence-corrected chi connectivity index (χ0v) is 18.0. The Hall–Kier alpha value is -1.86. The molecule has 4 rings (SSSR count). The first-order valence-corrected chi connectivity index (χ1v) is 11.3. The maximum atomic E-state index is 8.63. The number of rotatable bonds is 6. The molecular formula is C25H32ClN3. The van der Waals surface area contributed by atoms with Crippen molar-refractivity contribution in [3.05, 3.63) is 71.8 Å². The number of benzene rings is 2. The second-order valence-corrected chi connectivity index (χ2v) is 8.58. The van der Waals surface area contributed by atoms with Gasteiger partial charge in [-0.3, -0.25) is 9.80 Å². The van der Waals surface area contributed by atoms with E-state index >= 15 is 0 Å². The molecule has 154 valence electrons. The van der Waals surface area contributed by atoms with Crippen molar-refractivity contribution in [1.82, 2.24) is 9.80 Å². The lowest BCUT2D eigenvalue weighted by Gasteiger charge is -2.15. The van der Waals surface area contributed by atoms with Crippen molar-refractivity contribution < 1.29 is 0 Å². The SMILES string of the molecule is ClCC1CCN(Cc2ccccc2)C1.N#CCC1CCN(Cc2ccccc2)C1. The van der Waals surface area contributed by atoms with E-state index in [-0.39, 0.29) is 0 Å². The van der Waals surface area contributed by atoms with Gasteiger partial charge in [0.05, 0.1) is 6.07 Å². The number of halogens is 1. The monoisotopic (exact) mass is 409 g/mol. The smallest absolute Gasteiger partial charge is 0.0625 e. The Balaban J connectivity index is 0.000000166. The van der Waals surface area contributed by atoms with Crippen LogP contribution in [-0.4, -0.2) is 41.9 Å². The van der Waals surface area contributed by atoms with E-state index in [1.165, 1.54) is 37.1 Å². The molecule has 2 aliphatic rings. The van der Waals surface area contributed by atoms with Crippen molar-refractivity contribution in [2.75, 3.05) is 32.1 Å². The standard InChI is InChI=1S/C13H16N2.C12H16ClN/c14-8-6-13-7-9-15(11-13)10-12-4-2-1-3-5-12;13-8-12-6-7-14(10-12)9-11-4-2-1-3-5-11/h1-5,13H,6-7,9-11H2;1-5,12H,6-10H2. The van der Waals surface area contributed by atoms with E-state index in [0.717, 1.165) is 32.1 Å². The predicted molar refractivity (Wildman–Crippen MR) is 121 cm³/mol. The molecule has 0 N–H and O–H groups in total. The lowest BCUT2D eigenvalue weighted by molar-refractivity contribution is 0.317. The molecule has 0 aliphatic carbocycles. The van der Waals surface area contributed by atoms with Crippen molar-refractivity contribution in [2.45, 2.75) is 32.4 Å². The largest absolute Gasteiger partial charge is 0.299 e. The average Bonchev–Trinajstić information content (AvgIpc) is 3.40. The fourth-order valence-electron chi connectivity index (χ4n) is 4.22. The molecule has 29 heavy (non-hydrogen) atoms. The van der Waals surface area contributed by atoms with Crippen molar-refractivity contribution in [1.29, 1.82) is 5.26 Å². The van der Waals surface area contributed by atoms with Gasteiger partial charge in [-0.15, -0.1) is 11.6 Å². The van der Waals surface area contributed by atoms with Crippen LogP contribution < -0.4 is 0 Å². The normalized spacial score (nSPS) is 22.1. The first-order chi connectivity index (χ1) is 14.3. The quantitative estimate of drug-likeness (QED) is 0.616. The molecule has 2 heterocycles. The van der Waals surface area contributed by atoms with Gasteiger partial charge in [0, 0.05) is 38.5 Å². The van der Waals surface area contributed by atoms with Crippen LogP contribution in [0.1, 0.15) is 30.4 Å². The molecule has 2 aliphatic heterocycles. The molecule has 2 fully saturated rings. The molecule has 2 aromatic rings. The minimum atomic E-state index is 0.596. The van der Waals surface area contributed by atoms with Crippen molar-refractivity contribution >= 4 is 11.6 Å². The topological polar surface area (TPSA) is 30.3 Å². The molecular weight excluding hydrogens is 378 g/mol. The van der Waals surface area contributed by atoms with Gasteiger partial charge in [-0.25, -0.2) is 0 Å². The number of nitrogens with zero attached hydrogens (tertiary/aromatic N) is 3. The summed E-state index contributed by atoms with van der Waals surface area (Å²) >= 11 is 5.85. The predicted octanol–water partition coefficient (Wildman–Crippen LogP) is 5.17. The fraction of sp³-hybridized carbons (Fsp3) is 0.480. The van der Waals surface area contributed by atoms with Gasteiger partial charge in [-0.2, -0.15) is 5.26 Å². The number of hydrogen-bond acceptors (Lipinski definition) is 3. The molecule has 0 amide bonds. The van der Waals surface area contributed by atoms with Gasteiger partial charge < -0.3 is 0 Å². The van der Waals surface area contributed by atoms with Gasteiger partial charge >= 0.3 is 0 Å². The van der Waals surface area contributed by atoms with E-state index < -0.39 is 0 Å². The molecule has 2 atom stereocenters. The van der Waals surface area contributed by atoms with Crippen LogP contribution in [-0.2, 0) is 13.1 Å². The molecule has 2 aromatic carbocycles. The van der Waals surface area contributed by atoms with Crippen molar-refractivity contribution in [3.63, 3.8) is 0 Å². The van der Waals surface area contributed by atoms with Gasteiger partial charge in [-0.05, 0) is 48.9 Å². The summed E-state index contributed by atoms with van der Waals surface area (Å²) in [6.45, 7) is 6.70. The van der Waals surface area contributed by atoms with Crippen LogP contribution in [0.2, 0.25) is 0 Å². The summed E-state index contributed by atoms with van der Waals surface area (Å²) in [5.74, 6) is 2.12. The third-order valence-corrected chi connectivity index (χ3v) is 6.27. The maximum absolute atomic E-state index is 8.63. The second-order valence-electron chi connectivity index (χ2n) is 8.27. The lowest BCUT2D eigenvalue weighted by atomic mass is 10.1. The molecule has 2 saturated heterocycles. The second kappa shape index (κ2) is 12.0. The molecule has 3 nitrogen and oxygen atoms in total. The molecule has 0 saturated carbocycles. The first kappa shape index (κ1) is 21.8. The molecule has 4 heteroatoms. The first-order valence-electron chi connectivity index (χ1n) is 10.7. The average molecular weight is 410 g/mol. The Morgan fingerprint density at radius 1 is 0.793 bits per heavy atom. The Kier molecular flexibility index (Phi) is 9.02. The van der Waals surface area contributed by atoms with Gasteiger partial charge in [0.25, 0.3) is 0 Å². The van der Waals surface area contributed by atoms with Crippen LogP contribution in [0.4, 0.5) is 0 Å². The Labute approximate surface area is 180 Å².